The van der Waals surface area contributed by atoms with E-state index in [0.717, 1.165) is 15.3 Å². The molecule has 1 amide bonds. The summed E-state index contributed by atoms with van der Waals surface area (Å²) >= 11 is 1.57. The molecule has 0 bridgehead atoms. The number of Topliss-reactive ketones (excluding diaryl/α,β-unsaturated/α-hetero) is 1. The fourth-order valence-electron chi connectivity index (χ4n) is 2.49. The highest BCUT2D eigenvalue weighted by molar-refractivity contribution is 7.12. The molecule has 0 aliphatic rings. The van der Waals surface area contributed by atoms with E-state index in [1.54, 1.807) is 36.5 Å². The SMILES string of the molecule is Cc1cc(C(=O)CCC(=O)Nc2ccc(OCC(=O)O)cc2C)c(C)s1. The summed E-state index contributed by atoms with van der Waals surface area (Å²) in [6.07, 6.45) is 0.256. The molecule has 2 rings (SSSR count). The average molecular weight is 375 g/mol. The third kappa shape index (κ3) is 5.42. The molecule has 0 fully saturated rings. The number of rotatable bonds is 8. The predicted octanol–water partition coefficient (Wildman–Crippen LogP) is 3.74. The lowest BCUT2D eigenvalue weighted by Crippen LogP contribution is -2.14. The minimum absolute atomic E-state index is 0.0314. The van der Waals surface area contributed by atoms with E-state index in [-0.39, 0.29) is 24.5 Å². The molecule has 0 atom stereocenters. The van der Waals surface area contributed by atoms with Gasteiger partial charge in [-0.25, -0.2) is 4.79 Å². The summed E-state index contributed by atoms with van der Waals surface area (Å²) in [5.74, 6) is -0.913. The third-order valence-electron chi connectivity index (χ3n) is 3.75. The Balaban J connectivity index is 1.90. The second-order valence-electron chi connectivity index (χ2n) is 5.96. The Morgan fingerprint density at radius 1 is 1.12 bits per heavy atom. The van der Waals surface area contributed by atoms with E-state index in [9.17, 15) is 14.4 Å². The zero-order valence-corrected chi connectivity index (χ0v) is 15.7. The van der Waals surface area contributed by atoms with Gasteiger partial charge in [0.1, 0.15) is 5.75 Å². The van der Waals surface area contributed by atoms with E-state index in [4.69, 9.17) is 9.84 Å². The lowest BCUT2D eigenvalue weighted by atomic mass is 10.1. The molecule has 0 saturated heterocycles. The van der Waals surface area contributed by atoms with Crippen molar-refractivity contribution in [2.24, 2.45) is 0 Å². The second kappa shape index (κ2) is 8.62. The fourth-order valence-corrected chi connectivity index (χ4v) is 3.44. The van der Waals surface area contributed by atoms with Crippen molar-refractivity contribution in [3.8, 4) is 5.75 Å². The highest BCUT2D eigenvalue weighted by Gasteiger charge is 2.14. The van der Waals surface area contributed by atoms with Gasteiger partial charge in [-0.2, -0.15) is 0 Å². The van der Waals surface area contributed by atoms with Crippen LogP contribution >= 0.6 is 11.3 Å². The molecule has 138 valence electrons. The number of hydrogen-bond donors (Lipinski definition) is 2. The Morgan fingerprint density at radius 3 is 2.42 bits per heavy atom. The molecule has 0 aliphatic heterocycles. The van der Waals surface area contributed by atoms with Gasteiger partial charge in [-0.05, 0) is 50.6 Å². The number of ketones is 1. The molecule has 0 saturated carbocycles. The van der Waals surface area contributed by atoms with Crippen LogP contribution < -0.4 is 10.1 Å². The molecule has 7 heteroatoms. The number of aryl methyl sites for hydroxylation is 3. The van der Waals surface area contributed by atoms with Crippen molar-refractivity contribution in [1.29, 1.82) is 0 Å². The average Bonchev–Trinajstić information content (AvgIpc) is 2.91. The van der Waals surface area contributed by atoms with Gasteiger partial charge in [0.2, 0.25) is 5.91 Å². The van der Waals surface area contributed by atoms with Crippen molar-refractivity contribution < 1.29 is 24.2 Å². The van der Waals surface area contributed by atoms with Gasteiger partial charge in [0.05, 0.1) is 0 Å². The number of carbonyl (C=O) groups excluding carboxylic acids is 2. The zero-order chi connectivity index (χ0) is 19.3. The van der Waals surface area contributed by atoms with Crippen molar-refractivity contribution in [3.05, 3.63) is 45.1 Å². The van der Waals surface area contributed by atoms with Gasteiger partial charge in [-0.1, -0.05) is 0 Å². The van der Waals surface area contributed by atoms with E-state index in [2.05, 4.69) is 5.32 Å². The minimum Gasteiger partial charge on any atom is -0.482 e. The van der Waals surface area contributed by atoms with Gasteiger partial charge >= 0.3 is 5.97 Å². The Labute approximate surface area is 155 Å². The standard InChI is InChI=1S/C19H21NO5S/c1-11-8-14(25-10-19(23)24)4-5-16(11)20-18(22)7-6-17(21)15-9-12(2)26-13(15)3/h4-5,8-9H,6-7,10H2,1-3H3,(H,20,22)(H,23,24). The molecular weight excluding hydrogens is 354 g/mol. The summed E-state index contributed by atoms with van der Waals surface area (Å²) in [7, 11) is 0. The van der Waals surface area contributed by atoms with Gasteiger partial charge in [0, 0.05) is 33.8 Å². The quantitative estimate of drug-likeness (QED) is 0.686. The van der Waals surface area contributed by atoms with Crippen molar-refractivity contribution in [2.45, 2.75) is 33.6 Å². The Bertz CT molecular complexity index is 840. The first-order valence-electron chi connectivity index (χ1n) is 8.11. The number of carbonyl (C=O) groups is 3. The molecule has 26 heavy (non-hydrogen) atoms. The number of hydrogen-bond acceptors (Lipinski definition) is 5. The number of carboxylic acid groups (broad SMARTS) is 1. The summed E-state index contributed by atoms with van der Waals surface area (Å²) in [5, 5.41) is 11.4. The van der Waals surface area contributed by atoms with Gasteiger partial charge in [0.15, 0.2) is 12.4 Å². The Hall–Kier alpha value is -2.67. The zero-order valence-electron chi connectivity index (χ0n) is 14.9. The molecule has 2 N–H and O–H groups in total. The first-order valence-corrected chi connectivity index (χ1v) is 8.93. The van der Waals surface area contributed by atoms with Crippen molar-refractivity contribution in [2.75, 3.05) is 11.9 Å². The maximum absolute atomic E-state index is 12.2. The molecule has 1 heterocycles. The van der Waals surface area contributed by atoms with Gasteiger partial charge < -0.3 is 15.2 Å². The topological polar surface area (TPSA) is 92.7 Å². The van der Waals surface area contributed by atoms with E-state index in [1.165, 1.54) is 0 Å². The van der Waals surface area contributed by atoms with Crippen LogP contribution in [0.2, 0.25) is 0 Å². The van der Waals surface area contributed by atoms with Gasteiger partial charge in [0.25, 0.3) is 0 Å². The van der Waals surface area contributed by atoms with E-state index < -0.39 is 12.6 Å². The van der Waals surface area contributed by atoms with E-state index in [0.29, 0.717) is 17.0 Å². The van der Waals surface area contributed by atoms with Gasteiger partial charge in [-0.15, -0.1) is 11.3 Å². The second-order valence-corrected chi connectivity index (χ2v) is 7.42. The number of nitrogens with one attached hydrogen (secondary N) is 1. The minimum atomic E-state index is -1.05. The molecule has 0 aliphatic carbocycles. The maximum Gasteiger partial charge on any atom is 0.341 e. The maximum atomic E-state index is 12.2. The molecule has 0 radical (unpaired) electrons. The summed E-state index contributed by atoms with van der Waals surface area (Å²) < 4.78 is 5.09. The van der Waals surface area contributed by atoms with Crippen LogP contribution in [0.1, 0.15) is 38.5 Å². The summed E-state index contributed by atoms with van der Waals surface area (Å²) in [5.41, 5.74) is 2.04. The van der Waals surface area contributed by atoms with Crippen LogP contribution in [0.5, 0.6) is 5.75 Å². The molecule has 0 unspecified atom stereocenters. The number of thiophene rings is 1. The highest BCUT2D eigenvalue weighted by atomic mass is 32.1. The predicted molar refractivity (Wildman–Crippen MR) is 100 cm³/mol. The third-order valence-corrected chi connectivity index (χ3v) is 4.72. The molecule has 1 aromatic heterocycles. The first kappa shape index (κ1) is 19.7. The fraction of sp³-hybridized carbons (Fsp3) is 0.316. The Morgan fingerprint density at radius 2 is 1.85 bits per heavy atom. The summed E-state index contributed by atoms with van der Waals surface area (Å²) in [4.78, 5) is 36.9. The van der Waals surface area contributed by atoms with Crippen LogP contribution in [-0.2, 0) is 9.59 Å². The van der Waals surface area contributed by atoms with Crippen LogP contribution in [-0.4, -0.2) is 29.4 Å². The first-order chi connectivity index (χ1) is 12.3. The smallest absolute Gasteiger partial charge is 0.341 e. The molecule has 1 aromatic carbocycles. The lowest BCUT2D eigenvalue weighted by Gasteiger charge is -2.10. The number of amides is 1. The van der Waals surface area contributed by atoms with Gasteiger partial charge in [-0.3, -0.25) is 9.59 Å². The molecule has 6 nitrogen and oxygen atoms in total. The Kier molecular flexibility index (Phi) is 6.52. The van der Waals surface area contributed by atoms with E-state index >= 15 is 0 Å². The lowest BCUT2D eigenvalue weighted by molar-refractivity contribution is -0.139. The number of carboxylic acids is 1. The van der Waals surface area contributed by atoms with Crippen LogP contribution in [0.4, 0.5) is 5.69 Å². The summed E-state index contributed by atoms with van der Waals surface area (Å²) in [6, 6.07) is 6.76. The molecular formula is C19H21NO5S. The van der Waals surface area contributed by atoms with Crippen LogP contribution in [0.15, 0.2) is 24.3 Å². The normalized spacial score (nSPS) is 10.4. The van der Waals surface area contributed by atoms with Crippen molar-refractivity contribution >= 4 is 34.7 Å². The summed E-state index contributed by atoms with van der Waals surface area (Å²) in [6.45, 7) is 5.22. The molecule has 2 aromatic rings. The van der Waals surface area contributed by atoms with Crippen molar-refractivity contribution in [3.63, 3.8) is 0 Å². The number of anilines is 1. The highest BCUT2D eigenvalue weighted by Crippen LogP contribution is 2.23. The molecule has 0 spiro atoms. The number of aliphatic carboxylic acids is 1. The van der Waals surface area contributed by atoms with Crippen LogP contribution in [0, 0.1) is 20.8 Å². The van der Waals surface area contributed by atoms with Crippen molar-refractivity contribution in [1.82, 2.24) is 0 Å². The monoisotopic (exact) mass is 375 g/mol. The van der Waals surface area contributed by atoms with Crippen LogP contribution in [0.3, 0.4) is 0 Å². The van der Waals surface area contributed by atoms with Crippen LogP contribution in [0.25, 0.3) is 0 Å². The number of ether oxygens (including phenoxy) is 1. The van der Waals surface area contributed by atoms with E-state index in [1.807, 2.05) is 19.9 Å². The largest absolute Gasteiger partial charge is 0.482 e. The number of benzene rings is 1.